The van der Waals surface area contributed by atoms with Gasteiger partial charge in [0.2, 0.25) is 10.0 Å². The summed E-state index contributed by atoms with van der Waals surface area (Å²) in [6, 6.07) is 14.4. The smallest absolute Gasteiger partial charge is 0.240 e. The highest BCUT2D eigenvalue weighted by molar-refractivity contribution is 7.89. The maximum atomic E-state index is 12.4. The molecule has 2 aromatic carbocycles. The van der Waals surface area contributed by atoms with Crippen LogP contribution in [0.1, 0.15) is 11.1 Å². The minimum Gasteiger partial charge on any atom is -0.306 e. The normalized spacial score (nSPS) is 11.5. The molecule has 5 nitrogen and oxygen atoms in total. The van der Waals surface area contributed by atoms with E-state index in [0.717, 1.165) is 16.8 Å². The molecule has 0 aliphatic heterocycles. The van der Waals surface area contributed by atoms with Crippen molar-refractivity contribution in [3.05, 3.63) is 78.4 Å². The zero-order valence-electron chi connectivity index (χ0n) is 12.7. The number of sulfonamides is 1. The zero-order valence-corrected chi connectivity index (χ0v) is 13.5. The average molecular weight is 327 g/mol. The molecule has 3 rings (SSSR count). The zero-order chi connectivity index (χ0) is 16.3. The fourth-order valence-electron chi connectivity index (χ4n) is 2.29. The third-order valence-corrected chi connectivity index (χ3v) is 4.98. The minimum absolute atomic E-state index is 0.213. The number of hydrogen-bond acceptors (Lipinski definition) is 3. The third-order valence-electron chi connectivity index (χ3n) is 3.56. The van der Waals surface area contributed by atoms with Crippen molar-refractivity contribution in [2.75, 3.05) is 0 Å². The summed E-state index contributed by atoms with van der Waals surface area (Å²) < 4.78 is 29.3. The van der Waals surface area contributed by atoms with Gasteiger partial charge in [-0.15, -0.1) is 0 Å². The van der Waals surface area contributed by atoms with E-state index >= 15 is 0 Å². The van der Waals surface area contributed by atoms with Gasteiger partial charge in [-0.2, -0.15) is 0 Å². The largest absolute Gasteiger partial charge is 0.306 e. The van der Waals surface area contributed by atoms with E-state index in [4.69, 9.17) is 0 Å². The lowest BCUT2D eigenvalue weighted by molar-refractivity contribution is 0.581. The van der Waals surface area contributed by atoms with Crippen LogP contribution in [0.2, 0.25) is 0 Å². The van der Waals surface area contributed by atoms with Crippen molar-refractivity contribution in [1.82, 2.24) is 14.3 Å². The molecule has 0 unspecified atom stereocenters. The number of hydrogen-bond donors (Lipinski definition) is 1. The predicted molar refractivity (Wildman–Crippen MR) is 88.8 cm³/mol. The first kappa shape index (κ1) is 15.5. The molecular formula is C17H17N3O2S. The molecule has 1 heterocycles. The van der Waals surface area contributed by atoms with Crippen LogP contribution in [-0.2, 0) is 16.6 Å². The number of imidazole rings is 1. The Kier molecular flexibility index (Phi) is 4.27. The summed E-state index contributed by atoms with van der Waals surface area (Å²) in [5.41, 5.74) is 2.80. The summed E-state index contributed by atoms with van der Waals surface area (Å²) >= 11 is 0. The Balaban J connectivity index is 1.82. The second-order valence-corrected chi connectivity index (χ2v) is 7.00. The van der Waals surface area contributed by atoms with Gasteiger partial charge < -0.3 is 4.57 Å². The number of aryl methyl sites for hydroxylation is 1. The van der Waals surface area contributed by atoms with Crippen molar-refractivity contribution >= 4 is 10.0 Å². The van der Waals surface area contributed by atoms with Crippen LogP contribution in [-0.4, -0.2) is 18.0 Å². The van der Waals surface area contributed by atoms with Crippen molar-refractivity contribution in [1.29, 1.82) is 0 Å². The van der Waals surface area contributed by atoms with Crippen LogP contribution in [0.25, 0.3) is 5.69 Å². The highest BCUT2D eigenvalue weighted by Gasteiger charge is 2.14. The number of nitrogens with one attached hydrogen (secondary N) is 1. The van der Waals surface area contributed by atoms with Crippen LogP contribution in [0.15, 0.2) is 72.1 Å². The fraction of sp³-hybridized carbons (Fsp3) is 0.118. The van der Waals surface area contributed by atoms with Crippen molar-refractivity contribution in [3.63, 3.8) is 0 Å². The van der Waals surface area contributed by atoms with Crippen LogP contribution in [0.3, 0.4) is 0 Å². The number of nitrogens with zero attached hydrogens (tertiary/aromatic N) is 2. The van der Waals surface area contributed by atoms with E-state index in [1.165, 1.54) is 0 Å². The maximum Gasteiger partial charge on any atom is 0.240 e. The first-order valence-corrected chi connectivity index (χ1v) is 8.67. The molecule has 0 fully saturated rings. The molecule has 3 aromatic rings. The molecule has 0 atom stereocenters. The molecule has 0 spiro atoms. The van der Waals surface area contributed by atoms with Crippen molar-refractivity contribution in [2.24, 2.45) is 0 Å². The molecule has 1 aromatic heterocycles. The third kappa shape index (κ3) is 3.49. The fourth-order valence-corrected chi connectivity index (χ4v) is 3.29. The molecular weight excluding hydrogens is 310 g/mol. The Labute approximate surface area is 135 Å². The van der Waals surface area contributed by atoms with Crippen LogP contribution in [0, 0.1) is 6.92 Å². The van der Waals surface area contributed by atoms with E-state index in [0.29, 0.717) is 0 Å². The molecule has 1 N–H and O–H groups in total. The van der Waals surface area contributed by atoms with Gasteiger partial charge in [0.25, 0.3) is 0 Å². The molecule has 0 saturated carbocycles. The Morgan fingerprint density at radius 2 is 1.83 bits per heavy atom. The molecule has 6 heteroatoms. The molecule has 118 valence electrons. The van der Waals surface area contributed by atoms with Crippen molar-refractivity contribution < 1.29 is 8.42 Å². The highest BCUT2D eigenvalue weighted by Crippen LogP contribution is 2.16. The van der Waals surface area contributed by atoms with E-state index < -0.39 is 10.0 Å². The van der Waals surface area contributed by atoms with Gasteiger partial charge >= 0.3 is 0 Å². The molecule has 0 amide bonds. The topological polar surface area (TPSA) is 64.0 Å². The molecule has 0 bridgehead atoms. The summed E-state index contributed by atoms with van der Waals surface area (Å²) in [5, 5.41) is 0. The van der Waals surface area contributed by atoms with Crippen molar-refractivity contribution in [2.45, 2.75) is 18.4 Å². The van der Waals surface area contributed by atoms with Crippen molar-refractivity contribution in [3.8, 4) is 5.69 Å². The van der Waals surface area contributed by atoms with Gasteiger partial charge in [0.1, 0.15) is 0 Å². The van der Waals surface area contributed by atoms with Crippen LogP contribution in [0.5, 0.6) is 0 Å². The first-order valence-electron chi connectivity index (χ1n) is 7.19. The quantitative estimate of drug-likeness (QED) is 0.783. The van der Waals surface area contributed by atoms with Gasteiger partial charge in [-0.1, -0.05) is 35.9 Å². The van der Waals surface area contributed by atoms with E-state index in [-0.39, 0.29) is 11.4 Å². The van der Waals surface area contributed by atoms with E-state index in [1.807, 2.05) is 42.0 Å². The molecule has 0 aliphatic carbocycles. The minimum atomic E-state index is -3.54. The summed E-state index contributed by atoms with van der Waals surface area (Å²) in [7, 11) is -3.54. The van der Waals surface area contributed by atoms with Gasteiger partial charge in [0.05, 0.1) is 16.9 Å². The number of aromatic nitrogens is 2. The summed E-state index contributed by atoms with van der Waals surface area (Å²) in [6.07, 6.45) is 5.20. The average Bonchev–Trinajstić information content (AvgIpc) is 3.08. The molecule has 0 radical (unpaired) electrons. The lowest BCUT2D eigenvalue weighted by Gasteiger charge is -2.11. The predicted octanol–water partition coefficient (Wildman–Crippen LogP) is 2.66. The molecule has 23 heavy (non-hydrogen) atoms. The van der Waals surface area contributed by atoms with E-state index in [2.05, 4.69) is 9.71 Å². The first-order chi connectivity index (χ1) is 11.1. The summed E-state index contributed by atoms with van der Waals surface area (Å²) in [6.45, 7) is 2.13. The highest BCUT2D eigenvalue weighted by atomic mass is 32.2. The van der Waals surface area contributed by atoms with E-state index in [1.54, 1.807) is 36.8 Å². The molecule has 0 saturated heterocycles. The van der Waals surface area contributed by atoms with Crippen LogP contribution < -0.4 is 4.72 Å². The SMILES string of the molecule is Cc1ccc(S(=O)(=O)NCc2ccccc2-n2ccnc2)cc1. The van der Waals surface area contributed by atoms with Gasteiger partial charge in [-0.3, -0.25) is 0 Å². The van der Waals surface area contributed by atoms with Gasteiger partial charge in [-0.05, 0) is 30.7 Å². The Bertz CT molecular complexity index is 886. The maximum absolute atomic E-state index is 12.4. The molecule has 0 aliphatic rings. The summed E-state index contributed by atoms with van der Waals surface area (Å²) in [4.78, 5) is 4.30. The van der Waals surface area contributed by atoms with Gasteiger partial charge in [0.15, 0.2) is 0 Å². The standard InChI is InChI=1S/C17H17N3O2S/c1-14-6-8-16(9-7-14)23(21,22)19-12-15-4-2-3-5-17(15)20-11-10-18-13-20/h2-11,13,19H,12H2,1H3. The monoisotopic (exact) mass is 327 g/mol. The van der Waals surface area contributed by atoms with Crippen LogP contribution >= 0.6 is 0 Å². The summed E-state index contributed by atoms with van der Waals surface area (Å²) in [5.74, 6) is 0. The Morgan fingerprint density at radius 1 is 1.09 bits per heavy atom. The van der Waals surface area contributed by atoms with Crippen LogP contribution in [0.4, 0.5) is 0 Å². The lowest BCUT2D eigenvalue weighted by Crippen LogP contribution is -2.23. The lowest BCUT2D eigenvalue weighted by atomic mass is 10.2. The number of para-hydroxylation sites is 1. The van der Waals surface area contributed by atoms with Gasteiger partial charge in [0, 0.05) is 18.9 Å². The number of rotatable bonds is 5. The van der Waals surface area contributed by atoms with E-state index in [9.17, 15) is 8.42 Å². The second-order valence-electron chi connectivity index (χ2n) is 5.24. The second kappa shape index (κ2) is 6.36. The number of benzene rings is 2. The van der Waals surface area contributed by atoms with Gasteiger partial charge in [-0.25, -0.2) is 18.1 Å². The Morgan fingerprint density at radius 3 is 2.52 bits per heavy atom. The Hall–Kier alpha value is -2.44.